The number of amides is 1. The highest BCUT2D eigenvalue weighted by molar-refractivity contribution is 6.07. The Kier molecular flexibility index (Phi) is 5.50. The van der Waals surface area contributed by atoms with Crippen LogP contribution < -0.4 is 9.64 Å². The van der Waals surface area contributed by atoms with Gasteiger partial charge in [-0.3, -0.25) is 14.5 Å². The van der Waals surface area contributed by atoms with E-state index in [1.165, 1.54) is 12.0 Å². The highest BCUT2D eigenvalue weighted by Crippen LogP contribution is 2.40. The van der Waals surface area contributed by atoms with Crippen LogP contribution in [0.5, 0.6) is 5.75 Å². The van der Waals surface area contributed by atoms with E-state index in [4.69, 9.17) is 9.47 Å². The number of nitrogens with zero attached hydrogens (tertiary/aromatic N) is 1. The molecule has 0 spiro atoms. The second-order valence-electron chi connectivity index (χ2n) is 6.59. The molecule has 0 bridgehead atoms. The number of ketones is 1. The van der Waals surface area contributed by atoms with Crippen LogP contribution >= 0.6 is 0 Å². The lowest BCUT2D eigenvalue weighted by atomic mass is 9.98. The van der Waals surface area contributed by atoms with Crippen molar-refractivity contribution >= 4 is 23.3 Å². The molecular formula is C19H25NO5. The van der Waals surface area contributed by atoms with Crippen LogP contribution in [0.15, 0.2) is 18.2 Å². The molecule has 1 aromatic rings. The predicted molar refractivity (Wildman–Crippen MR) is 94.0 cm³/mol. The van der Waals surface area contributed by atoms with Gasteiger partial charge in [-0.25, -0.2) is 4.79 Å². The summed E-state index contributed by atoms with van der Waals surface area (Å²) < 4.78 is 10.7. The lowest BCUT2D eigenvalue weighted by Crippen LogP contribution is -2.58. The number of ether oxygens (including phenoxy) is 2. The molecule has 1 atom stereocenters. The van der Waals surface area contributed by atoms with E-state index >= 15 is 0 Å². The van der Waals surface area contributed by atoms with Crippen LogP contribution in [-0.2, 0) is 14.3 Å². The SMILES string of the molecule is CCCC(=O)c1ccc2c(c1)N(C(CC)C(=O)OC)C(=O)C(C)(C)O2. The van der Waals surface area contributed by atoms with Gasteiger partial charge in [0.05, 0.1) is 12.8 Å². The van der Waals surface area contributed by atoms with Crippen LogP contribution in [0.3, 0.4) is 0 Å². The Hall–Kier alpha value is -2.37. The first-order chi connectivity index (χ1) is 11.8. The Balaban J connectivity index is 2.58. The number of Topliss-reactive ketones (excluding diaryl/α,β-unsaturated/α-hetero) is 1. The zero-order valence-corrected chi connectivity index (χ0v) is 15.4. The number of esters is 1. The number of benzene rings is 1. The summed E-state index contributed by atoms with van der Waals surface area (Å²) in [5, 5.41) is 0. The molecule has 0 aliphatic carbocycles. The largest absolute Gasteiger partial charge is 0.476 e. The van der Waals surface area contributed by atoms with Crippen LogP contribution in [0.2, 0.25) is 0 Å². The van der Waals surface area contributed by atoms with Crippen LogP contribution in [0.25, 0.3) is 0 Å². The van der Waals surface area contributed by atoms with E-state index < -0.39 is 17.6 Å². The predicted octanol–water partition coefficient (Wildman–Crippen LogP) is 3.13. The summed E-state index contributed by atoms with van der Waals surface area (Å²) in [6, 6.07) is 4.24. The summed E-state index contributed by atoms with van der Waals surface area (Å²) in [5.41, 5.74) is -0.173. The van der Waals surface area contributed by atoms with Gasteiger partial charge in [0.1, 0.15) is 11.8 Å². The van der Waals surface area contributed by atoms with Crippen molar-refractivity contribution in [3.63, 3.8) is 0 Å². The molecule has 0 saturated carbocycles. The fourth-order valence-corrected chi connectivity index (χ4v) is 2.95. The van der Waals surface area contributed by atoms with E-state index in [1.807, 2.05) is 13.8 Å². The molecule has 6 nitrogen and oxygen atoms in total. The van der Waals surface area contributed by atoms with Crippen LogP contribution in [0, 0.1) is 0 Å². The molecule has 1 aliphatic rings. The molecule has 1 aromatic carbocycles. The minimum atomic E-state index is -1.11. The first-order valence-corrected chi connectivity index (χ1v) is 8.54. The molecule has 2 rings (SSSR count). The van der Waals surface area contributed by atoms with E-state index in [1.54, 1.807) is 32.0 Å². The molecule has 0 aromatic heterocycles. The maximum absolute atomic E-state index is 12.9. The zero-order valence-electron chi connectivity index (χ0n) is 15.4. The topological polar surface area (TPSA) is 72.9 Å². The standard InChI is InChI=1S/C19H25NO5/c1-6-8-15(21)12-9-10-16-14(11-12)20(13(7-2)17(22)24-5)18(23)19(3,4)25-16/h9-11,13H,6-8H2,1-5H3. The molecule has 1 heterocycles. The summed E-state index contributed by atoms with van der Waals surface area (Å²) >= 11 is 0. The average molecular weight is 347 g/mol. The Morgan fingerprint density at radius 1 is 1.28 bits per heavy atom. The van der Waals surface area contributed by atoms with Crippen molar-refractivity contribution in [1.82, 2.24) is 0 Å². The van der Waals surface area contributed by atoms with Crippen LogP contribution in [-0.4, -0.2) is 36.4 Å². The maximum Gasteiger partial charge on any atom is 0.328 e. The third-order valence-electron chi connectivity index (χ3n) is 4.29. The minimum absolute atomic E-state index is 0.00588. The minimum Gasteiger partial charge on any atom is -0.476 e. The molecule has 1 amide bonds. The van der Waals surface area contributed by atoms with Gasteiger partial charge in [0.25, 0.3) is 5.91 Å². The molecule has 0 radical (unpaired) electrons. The van der Waals surface area contributed by atoms with Crippen molar-refractivity contribution in [1.29, 1.82) is 0 Å². The van der Waals surface area contributed by atoms with Gasteiger partial charge in [-0.1, -0.05) is 13.8 Å². The van der Waals surface area contributed by atoms with E-state index in [2.05, 4.69) is 0 Å². The molecule has 136 valence electrons. The summed E-state index contributed by atoms with van der Waals surface area (Å²) in [5.74, 6) is -0.365. The van der Waals surface area contributed by atoms with Gasteiger partial charge < -0.3 is 9.47 Å². The Morgan fingerprint density at radius 2 is 1.96 bits per heavy atom. The van der Waals surface area contributed by atoms with E-state index in [9.17, 15) is 14.4 Å². The number of hydrogen-bond acceptors (Lipinski definition) is 5. The van der Waals surface area contributed by atoms with Crippen LogP contribution in [0.4, 0.5) is 5.69 Å². The van der Waals surface area contributed by atoms with E-state index in [0.717, 1.165) is 6.42 Å². The molecule has 6 heteroatoms. The maximum atomic E-state index is 12.9. The van der Waals surface area contributed by atoms with Crippen molar-refractivity contribution < 1.29 is 23.9 Å². The third-order valence-corrected chi connectivity index (χ3v) is 4.29. The number of anilines is 1. The normalized spacial score (nSPS) is 16.7. The fraction of sp³-hybridized carbons (Fsp3) is 0.526. The summed E-state index contributed by atoms with van der Waals surface area (Å²) in [6.45, 7) is 7.06. The number of rotatable bonds is 6. The van der Waals surface area contributed by atoms with Crippen molar-refractivity contribution in [3.8, 4) is 5.75 Å². The van der Waals surface area contributed by atoms with Gasteiger partial charge >= 0.3 is 5.97 Å². The number of methoxy groups -OCH3 is 1. The smallest absolute Gasteiger partial charge is 0.328 e. The first kappa shape index (κ1) is 19.0. The number of fused-ring (bicyclic) bond motifs is 1. The molecule has 0 saturated heterocycles. The van der Waals surface area contributed by atoms with E-state index in [-0.39, 0.29) is 11.7 Å². The summed E-state index contributed by atoms with van der Waals surface area (Å²) in [7, 11) is 1.29. The molecule has 1 unspecified atom stereocenters. The van der Waals surface area contributed by atoms with Gasteiger partial charge in [0.2, 0.25) is 0 Å². The highest BCUT2D eigenvalue weighted by atomic mass is 16.5. The Morgan fingerprint density at radius 3 is 2.52 bits per heavy atom. The van der Waals surface area contributed by atoms with Gasteiger partial charge in [0.15, 0.2) is 11.4 Å². The van der Waals surface area contributed by atoms with Crippen molar-refractivity contribution in [3.05, 3.63) is 23.8 Å². The molecule has 0 fully saturated rings. The molecule has 25 heavy (non-hydrogen) atoms. The first-order valence-electron chi connectivity index (χ1n) is 8.54. The summed E-state index contributed by atoms with van der Waals surface area (Å²) in [4.78, 5) is 38.8. The molecular weight excluding hydrogens is 322 g/mol. The lowest BCUT2D eigenvalue weighted by molar-refractivity contribution is -0.145. The third kappa shape index (κ3) is 3.52. The molecule has 1 aliphatic heterocycles. The van der Waals surface area contributed by atoms with Gasteiger partial charge in [0, 0.05) is 12.0 Å². The van der Waals surface area contributed by atoms with Crippen molar-refractivity contribution in [2.24, 2.45) is 0 Å². The van der Waals surface area contributed by atoms with Gasteiger partial charge in [-0.2, -0.15) is 0 Å². The highest BCUT2D eigenvalue weighted by Gasteiger charge is 2.45. The monoisotopic (exact) mass is 347 g/mol. The van der Waals surface area contributed by atoms with Crippen LogP contribution in [0.1, 0.15) is 57.3 Å². The Labute approximate surface area is 148 Å². The van der Waals surface area contributed by atoms with Crippen molar-refractivity contribution in [2.75, 3.05) is 12.0 Å². The van der Waals surface area contributed by atoms with E-state index in [0.29, 0.717) is 29.8 Å². The zero-order chi connectivity index (χ0) is 18.8. The second-order valence-corrected chi connectivity index (χ2v) is 6.59. The average Bonchev–Trinajstić information content (AvgIpc) is 2.58. The number of hydrogen-bond donors (Lipinski definition) is 0. The number of carbonyl (C=O) groups is 3. The number of carbonyl (C=O) groups excluding carboxylic acids is 3. The van der Waals surface area contributed by atoms with Gasteiger partial charge in [-0.15, -0.1) is 0 Å². The van der Waals surface area contributed by atoms with Gasteiger partial charge in [-0.05, 0) is 44.9 Å². The summed E-state index contributed by atoms with van der Waals surface area (Å²) in [6.07, 6.45) is 1.55. The lowest BCUT2D eigenvalue weighted by Gasteiger charge is -2.41. The van der Waals surface area contributed by atoms with Crippen molar-refractivity contribution in [2.45, 2.75) is 58.6 Å². The molecule has 0 N–H and O–H groups in total. The quantitative estimate of drug-likeness (QED) is 0.584. The second kappa shape index (κ2) is 7.25. The fourth-order valence-electron chi connectivity index (χ4n) is 2.95. The Bertz CT molecular complexity index is 695.